The van der Waals surface area contributed by atoms with Crippen LogP contribution in [0.3, 0.4) is 0 Å². The number of fused-ring (bicyclic) bond motifs is 3. The molecule has 1 amide bonds. The molecule has 2 heterocycles. The Kier molecular flexibility index (Phi) is 4.99. The normalized spacial score (nSPS) is 17.7. The number of ketones is 1. The van der Waals surface area contributed by atoms with Gasteiger partial charge in [0.25, 0.3) is 5.91 Å². The van der Waals surface area contributed by atoms with Gasteiger partial charge in [-0.15, -0.1) is 0 Å². The summed E-state index contributed by atoms with van der Waals surface area (Å²) in [7, 11) is 0. The summed E-state index contributed by atoms with van der Waals surface area (Å²) in [4.78, 5) is 26.1. The molecule has 0 bridgehead atoms. The lowest BCUT2D eigenvalue weighted by molar-refractivity contribution is 0.0301. The van der Waals surface area contributed by atoms with Crippen molar-refractivity contribution < 1.29 is 27.5 Å². The number of carbonyl (C=O) groups is 2. The number of aryl methyl sites for hydroxylation is 1. The van der Waals surface area contributed by atoms with Gasteiger partial charge in [-0.2, -0.15) is 0 Å². The lowest BCUT2D eigenvalue weighted by Crippen LogP contribution is -2.41. The van der Waals surface area contributed by atoms with E-state index in [2.05, 4.69) is 5.32 Å². The maximum Gasteiger partial charge on any atom is 0.291 e. The largest absolute Gasteiger partial charge is 0.486 e. The van der Waals surface area contributed by atoms with E-state index in [1.54, 1.807) is 19.1 Å². The van der Waals surface area contributed by atoms with Crippen LogP contribution in [0.25, 0.3) is 11.0 Å². The third kappa shape index (κ3) is 3.45. The molecule has 32 heavy (non-hydrogen) atoms. The van der Waals surface area contributed by atoms with E-state index in [9.17, 15) is 18.4 Å². The van der Waals surface area contributed by atoms with Gasteiger partial charge in [-0.05, 0) is 56.9 Å². The highest BCUT2D eigenvalue weighted by Gasteiger charge is 2.42. The fraction of sp³-hybridized carbons (Fsp3) is 0.360. The molecule has 1 aliphatic carbocycles. The third-order valence-electron chi connectivity index (χ3n) is 6.54. The molecule has 1 N–H and O–H groups in total. The predicted octanol–water partition coefficient (Wildman–Crippen LogP) is 6.33. The summed E-state index contributed by atoms with van der Waals surface area (Å²) in [5, 5.41) is 2.88. The molecule has 1 aromatic heterocycles. The van der Waals surface area contributed by atoms with Crippen LogP contribution in [-0.2, 0) is 0 Å². The summed E-state index contributed by atoms with van der Waals surface area (Å²) in [6, 6.07) is 6.21. The van der Waals surface area contributed by atoms with Crippen LogP contribution in [0.2, 0.25) is 0 Å². The lowest BCUT2D eigenvalue weighted by Gasteiger charge is -2.37. The number of anilines is 1. The number of ether oxygens (including phenoxy) is 1. The summed E-state index contributed by atoms with van der Waals surface area (Å²) >= 11 is 0. The van der Waals surface area contributed by atoms with E-state index in [4.69, 9.17) is 9.15 Å². The van der Waals surface area contributed by atoms with Gasteiger partial charge in [0.1, 0.15) is 28.6 Å². The SMILES string of the molecule is Cc1c(C(=O)Nc2cc(F)ccc2F)oc2ccc3c(c12)C(=O)CC1(CCCCCC1)O3. The van der Waals surface area contributed by atoms with Crippen LogP contribution in [0, 0.1) is 18.6 Å². The monoisotopic (exact) mass is 439 g/mol. The molecule has 7 heteroatoms. The molecule has 0 radical (unpaired) electrons. The number of carbonyl (C=O) groups excluding carboxylic acids is 2. The number of hydrogen-bond donors (Lipinski definition) is 1. The first-order chi connectivity index (χ1) is 15.4. The van der Waals surface area contributed by atoms with Gasteiger partial charge in [0.2, 0.25) is 0 Å². The Balaban J connectivity index is 1.53. The van der Waals surface area contributed by atoms with Crippen molar-refractivity contribution in [1.29, 1.82) is 0 Å². The summed E-state index contributed by atoms with van der Waals surface area (Å²) < 4.78 is 39.6. The number of furan rings is 1. The van der Waals surface area contributed by atoms with Crippen molar-refractivity contribution in [1.82, 2.24) is 0 Å². The van der Waals surface area contributed by atoms with Crippen molar-refractivity contribution in [3.63, 3.8) is 0 Å². The van der Waals surface area contributed by atoms with Gasteiger partial charge in [-0.1, -0.05) is 12.8 Å². The minimum absolute atomic E-state index is 0.0224. The number of amides is 1. The quantitative estimate of drug-likeness (QED) is 0.507. The first-order valence-corrected chi connectivity index (χ1v) is 10.9. The van der Waals surface area contributed by atoms with Crippen LogP contribution in [0.1, 0.15) is 71.4 Å². The van der Waals surface area contributed by atoms with Gasteiger partial charge in [0.05, 0.1) is 17.7 Å². The van der Waals surface area contributed by atoms with E-state index < -0.39 is 23.1 Å². The first kappa shape index (κ1) is 20.7. The molecule has 1 fully saturated rings. The molecule has 5 rings (SSSR count). The zero-order valence-corrected chi connectivity index (χ0v) is 17.7. The fourth-order valence-electron chi connectivity index (χ4n) is 4.97. The molecule has 1 aliphatic heterocycles. The molecule has 2 aromatic carbocycles. The molecule has 0 atom stereocenters. The average molecular weight is 439 g/mol. The summed E-state index contributed by atoms with van der Waals surface area (Å²) in [6.07, 6.45) is 6.39. The lowest BCUT2D eigenvalue weighted by atomic mass is 9.83. The summed E-state index contributed by atoms with van der Waals surface area (Å²) in [6.45, 7) is 1.67. The summed E-state index contributed by atoms with van der Waals surface area (Å²) in [5.41, 5.74) is 0.516. The van der Waals surface area contributed by atoms with Crippen LogP contribution < -0.4 is 10.1 Å². The number of rotatable bonds is 2. The molecule has 2 aliphatic rings. The molecule has 1 spiro atoms. The number of nitrogens with one attached hydrogen (secondary N) is 1. The highest BCUT2D eigenvalue weighted by atomic mass is 19.1. The predicted molar refractivity (Wildman–Crippen MR) is 115 cm³/mol. The second kappa shape index (κ2) is 7.73. The Morgan fingerprint density at radius 2 is 1.81 bits per heavy atom. The Labute approximate surface area is 183 Å². The topological polar surface area (TPSA) is 68.5 Å². The van der Waals surface area contributed by atoms with Crippen molar-refractivity contribution in [3.8, 4) is 5.75 Å². The second-order valence-electron chi connectivity index (χ2n) is 8.75. The minimum Gasteiger partial charge on any atom is -0.486 e. The first-order valence-electron chi connectivity index (χ1n) is 10.9. The number of hydrogen-bond acceptors (Lipinski definition) is 4. The fourth-order valence-corrected chi connectivity index (χ4v) is 4.97. The molecular formula is C25H23F2NO4. The summed E-state index contributed by atoms with van der Waals surface area (Å²) in [5.74, 6) is -1.72. The van der Waals surface area contributed by atoms with Crippen molar-refractivity contribution in [3.05, 3.63) is 58.9 Å². The number of benzene rings is 2. The second-order valence-corrected chi connectivity index (χ2v) is 8.75. The maximum atomic E-state index is 14.0. The minimum atomic E-state index is -0.761. The smallest absolute Gasteiger partial charge is 0.291 e. The van der Waals surface area contributed by atoms with Crippen LogP contribution >= 0.6 is 0 Å². The van der Waals surface area contributed by atoms with Gasteiger partial charge in [0.15, 0.2) is 11.5 Å². The Bertz CT molecular complexity index is 1240. The van der Waals surface area contributed by atoms with Gasteiger partial charge >= 0.3 is 0 Å². The van der Waals surface area contributed by atoms with Crippen molar-refractivity contribution in [2.45, 2.75) is 57.5 Å². The van der Waals surface area contributed by atoms with Gasteiger partial charge in [-0.3, -0.25) is 9.59 Å². The van der Waals surface area contributed by atoms with Crippen LogP contribution in [0.15, 0.2) is 34.7 Å². The zero-order chi connectivity index (χ0) is 22.5. The number of Topliss-reactive ketones (excluding diaryl/α,β-unsaturated/α-hetero) is 1. The van der Waals surface area contributed by atoms with E-state index in [-0.39, 0.29) is 17.2 Å². The van der Waals surface area contributed by atoms with Crippen LogP contribution in [0.5, 0.6) is 5.75 Å². The average Bonchev–Trinajstić information content (AvgIpc) is 2.94. The third-order valence-corrected chi connectivity index (χ3v) is 6.54. The molecule has 0 unspecified atom stereocenters. The van der Waals surface area contributed by atoms with Gasteiger partial charge in [-0.25, -0.2) is 8.78 Å². The van der Waals surface area contributed by atoms with Gasteiger partial charge in [0, 0.05) is 17.0 Å². The van der Waals surface area contributed by atoms with E-state index in [0.29, 0.717) is 34.3 Å². The van der Waals surface area contributed by atoms with Crippen molar-refractivity contribution in [2.75, 3.05) is 5.32 Å². The highest BCUT2D eigenvalue weighted by Crippen LogP contribution is 2.44. The van der Waals surface area contributed by atoms with E-state index in [1.165, 1.54) is 0 Å². The molecule has 5 nitrogen and oxygen atoms in total. The van der Waals surface area contributed by atoms with E-state index >= 15 is 0 Å². The van der Waals surface area contributed by atoms with E-state index in [0.717, 1.165) is 56.7 Å². The standard InChI is InChI=1S/C25H23F2NO4/c1-14-21-19(31-23(14)24(30)28-17-12-15(26)6-7-16(17)27)8-9-20-22(21)18(29)13-25(32-20)10-4-2-3-5-11-25/h6-9,12H,2-5,10-11,13H2,1H3,(H,28,30). The Morgan fingerprint density at radius 3 is 2.56 bits per heavy atom. The Hall–Kier alpha value is -3.22. The van der Waals surface area contributed by atoms with Crippen LogP contribution in [0.4, 0.5) is 14.5 Å². The molecule has 0 saturated heterocycles. The Morgan fingerprint density at radius 1 is 1.06 bits per heavy atom. The van der Waals surface area contributed by atoms with Crippen molar-refractivity contribution >= 4 is 28.3 Å². The maximum absolute atomic E-state index is 14.0. The highest BCUT2D eigenvalue weighted by molar-refractivity contribution is 6.14. The zero-order valence-electron chi connectivity index (χ0n) is 17.7. The molecule has 166 valence electrons. The van der Waals surface area contributed by atoms with E-state index in [1.807, 2.05) is 0 Å². The molecular weight excluding hydrogens is 416 g/mol. The molecule has 1 saturated carbocycles. The van der Waals surface area contributed by atoms with Crippen molar-refractivity contribution in [2.24, 2.45) is 0 Å². The molecule has 3 aromatic rings. The van der Waals surface area contributed by atoms with Gasteiger partial charge < -0.3 is 14.5 Å². The van der Waals surface area contributed by atoms with Crippen LogP contribution in [-0.4, -0.2) is 17.3 Å². The number of halogens is 2.